The molecule has 1 amide bonds. The zero-order valence-corrected chi connectivity index (χ0v) is 12.2. The molecule has 1 aromatic rings. The Kier molecular flexibility index (Phi) is 5.18. The van der Waals surface area contributed by atoms with Crippen LogP contribution in [0, 0.1) is 17.2 Å². The molecule has 21 heavy (non-hydrogen) atoms. The molecular weight excluding hydrogens is 268 g/mol. The second kappa shape index (κ2) is 7.09. The maximum absolute atomic E-state index is 12.7. The van der Waals surface area contributed by atoms with Crippen molar-refractivity contribution in [1.29, 1.82) is 5.26 Å². The summed E-state index contributed by atoms with van der Waals surface area (Å²) in [5, 5.41) is 18.0. The molecule has 112 valence electrons. The Hall–Kier alpha value is -2.06. The lowest BCUT2D eigenvalue weighted by atomic mass is 10.0. The van der Waals surface area contributed by atoms with Gasteiger partial charge in [0.15, 0.2) is 0 Å². The van der Waals surface area contributed by atoms with Gasteiger partial charge in [-0.1, -0.05) is 13.0 Å². The van der Waals surface area contributed by atoms with E-state index in [0.29, 0.717) is 43.0 Å². The van der Waals surface area contributed by atoms with Crippen LogP contribution < -0.4 is 4.74 Å². The van der Waals surface area contributed by atoms with Gasteiger partial charge in [0.1, 0.15) is 11.8 Å². The van der Waals surface area contributed by atoms with Gasteiger partial charge in [-0.15, -0.1) is 0 Å². The molecule has 2 rings (SSSR count). The van der Waals surface area contributed by atoms with Crippen LogP contribution in [0.25, 0.3) is 0 Å². The molecule has 0 fully saturated rings. The number of para-hydroxylation sites is 1. The van der Waals surface area contributed by atoms with E-state index < -0.39 is 0 Å². The van der Waals surface area contributed by atoms with Gasteiger partial charge >= 0.3 is 0 Å². The minimum Gasteiger partial charge on any atom is -0.491 e. The average molecular weight is 288 g/mol. The number of nitriles is 1. The van der Waals surface area contributed by atoms with Gasteiger partial charge in [0.2, 0.25) is 0 Å². The summed E-state index contributed by atoms with van der Waals surface area (Å²) in [4.78, 5) is 14.5. The van der Waals surface area contributed by atoms with E-state index >= 15 is 0 Å². The van der Waals surface area contributed by atoms with Gasteiger partial charge in [0.05, 0.1) is 17.7 Å². The third kappa shape index (κ3) is 3.53. The van der Waals surface area contributed by atoms with Gasteiger partial charge in [-0.3, -0.25) is 4.79 Å². The summed E-state index contributed by atoms with van der Waals surface area (Å²) < 4.78 is 5.70. The lowest BCUT2D eigenvalue weighted by molar-refractivity contribution is 0.0677. The first-order valence-corrected chi connectivity index (χ1v) is 7.23. The average Bonchev–Trinajstić information content (AvgIpc) is 2.50. The number of carbonyl (C=O) groups is 1. The molecule has 0 saturated carbocycles. The molecule has 0 unspecified atom stereocenters. The number of unbranched alkanes of at least 4 members (excludes halogenated alkanes) is 1. The molecule has 0 bridgehead atoms. The van der Waals surface area contributed by atoms with Crippen molar-refractivity contribution in [3.8, 4) is 11.8 Å². The fourth-order valence-corrected chi connectivity index (χ4v) is 2.46. The van der Waals surface area contributed by atoms with Crippen LogP contribution in [0.15, 0.2) is 18.2 Å². The van der Waals surface area contributed by atoms with Crippen molar-refractivity contribution in [2.75, 3.05) is 26.3 Å². The van der Waals surface area contributed by atoms with E-state index in [1.807, 2.05) is 6.92 Å². The summed E-state index contributed by atoms with van der Waals surface area (Å²) in [7, 11) is 0. The molecule has 0 aromatic heterocycles. The normalized spacial score (nSPS) is 18.2. The van der Waals surface area contributed by atoms with Crippen LogP contribution >= 0.6 is 0 Å². The van der Waals surface area contributed by atoms with Crippen molar-refractivity contribution in [2.24, 2.45) is 5.92 Å². The number of aliphatic hydroxyl groups excluding tert-OH is 1. The van der Waals surface area contributed by atoms with E-state index in [4.69, 9.17) is 15.1 Å². The highest BCUT2D eigenvalue weighted by Crippen LogP contribution is 2.27. The lowest BCUT2D eigenvalue weighted by Gasteiger charge is -2.30. The van der Waals surface area contributed by atoms with E-state index in [1.54, 1.807) is 23.1 Å². The zero-order chi connectivity index (χ0) is 15.2. The van der Waals surface area contributed by atoms with Crippen LogP contribution in [-0.4, -0.2) is 42.2 Å². The number of aliphatic hydroxyl groups is 1. The van der Waals surface area contributed by atoms with Crippen molar-refractivity contribution in [3.63, 3.8) is 0 Å². The van der Waals surface area contributed by atoms with Crippen LogP contribution in [-0.2, 0) is 0 Å². The molecule has 1 heterocycles. The van der Waals surface area contributed by atoms with Gasteiger partial charge in [-0.25, -0.2) is 0 Å². The predicted molar refractivity (Wildman–Crippen MR) is 78.0 cm³/mol. The molecule has 0 aliphatic carbocycles. The Morgan fingerprint density at radius 1 is 1.48 bits per heavy atom. The van der Waals surface area contributed by atoms with Gasteiger partial charge in [0.25, 0.3) is 5.91 Å². The number of benzene rings is 1. The highest BCUT2D eigenvalue weighted by molar-refractivity contribution is 5.97. The van der Waals surface area contributed by atoms with Crippen LogP contribution in [0.3, 0.4) is 0 Å². The Morgan fingerprint density at radius 2 is 2.29 bits per heavy atom. The van der Waals surface area contributed by atoms with Gasteiger partial charge in [-0.2, -0.15) is 5.26 Å². The molecule has 0 radical (unpaired) electrons. The summed E-state index contributed by atoms with van der Waals surface area (Å²) in [5.74, 6) is 0.485. The van der Waals surface area contributed by atoms with Crippen molar-refractivity contribution in [3.05, 3.63) is 29.3 Å². The zero-order valence-electron chi connectivity index (χ0n) is 12.2. The third-order valence-corrected chi connectivity index (χ3v) is 3.53. The van der Waals surface area contributed by atoms with Crippen molar-refractivity contribution in [1.82, 2.24) is 4.90 Å². The minimum atomic E-state index is -0.105. The van der Waals surface area contributed by atoms with Crippen LogP contribution in [0.4, 0.5) is 0 Å². The summed E-state index contributed by atoms with van der Waals surface area (Å²) in [6, 6.07) is 7.14. The van der Waals surface area contributed by atoms with Gasteiger partial charge < -0.3 is 14.7 Å². The number of nitrogens with zero attached hydrogens (tertiary/aromatic N) is 2. The number of amides is 1. The molecule has 1 aliphatic rings. The molecule has 5 nitrogen and oxygen atoms in total. The first-order chi connectivity index (χ1) is 10.2. The Morgan fingerprint density at radius 3 is 3.00 bits per heavy atom. The maximum atomic E-state index is 12.7. The predicted octanol–water partition coefficient (Wildman–Crippen LogP) is 1.80. The fraction of sp³-hybridized carbons (Fsp3) is 0.500. The summed E-state index contributed by atoms with van der Waals surface area (Å²) in [6.07, 6.45) is 1.45. The smallest absolute Gasteiger partial charge is 0.257 e. The van der Waals surface area contributed by atoms with E-state index in [9.17, 15) is 4.79 Å². The number of hydrogen-bond donors (Lipinski definition) is 1. The fourth-order valence-electron chi connectivity index (χ4n) is 2.46. The minimum absolute atomic E-state index is 0.105. The van der Waals surface area contributed by atoms with Crippen molar-refractivity contribution >= 4 is 5.91 Å². The molecule has 5 heteroatoms. The number of fused-ring (bicyclic) bond motifs is 1. The highest BCUT2D eigenvalue weighted by Gasteiger charge is 2.26. The summed E-state index contributed by atoms with van der Waals surface area (Å²) in [6.45, 7) is 3.87. The summed E-state index contributed by atoms with van der Waals surface area (Å²) >= 11 is 0. The SMILES string of the molecule is C[C@H]1COc2c(C#N)cccc2C(=O)N(CCCCO)C1. The maximum Gasteiger partial charge on any atom is 0.257 e. The van der Waals surface area contributed by atoms with E-state index in [-0.39, 0.29) is 18.4 Å². The third-order valence-electron chi connectivity index (χ3n) is 3.53. The Bertz CT molecular complexity index is 551. The molecular formula is C16H20N2O3. The van der Waals surface area contributed by atoms with Crippen LogP contribution in [0.1, 0.15) is 35.7 Å². The largest absolute Gasteiger partial charge is 0.491 e. The monoisotopic (exact) mass is 288 g/mol. The Labute approximate surface area is 124 Å². The van der Waals surface area contributed by atoms with Gasteiger partial charge in [-0.05, 0) is 25.0 Å². The quantitative estimate of drug-likeness (QED) is 0.857. The number of hydrogen-bond acceptors (Lipinski definition) is 4. The topological polar surface area (TPSA) is 73.6 Å². The summed E-state index contributed by atoms with van der Waals surface area (Å²) in [5.41, 5.74) is 0.843. The second-order valence-electron chi connectivity index (χ2n) is 5.39. The number of ether oxygens (including phenoxy) is 1. The first-order valence-electron chi connectivity index (χ1n) is 7.23. The lowest BCUT2D eigenvalue weighted by Crippen LogP contribution is -2.39. The van der Waals surface area contributed by atoms with E-state index in [2.05, 4.69) is 6.07 Å². The number of rotatable bonds is 4. The standard InChI is InChI=1S/C16H20N2O3/c1-12-10-18(7-2-3-8-19)16(20)14-6-4-5-13(9-17)15(14)21-11-12/h4-6,12,19H,2-3,7-8,10-11H2,1H3/t12-/m1/s1. The molecule has 1 atom stereocenters. The van der Waals surface area contributed by atoms with E-state index in [1.165, 1.54) is 0 Å². The molecule has 1 N–H and O–H groups in total. The van der Waals surface area contributed by atoms with Crippen molar-refractivity contribution < 1.29 is 14.6 Å². The second-order valence-corrected chi connectivity index (χ2v) is 5.39. The number of carbonyl (C=O) groups excluding carboxylic acids is 1. The Balaban J connectivity index is 2.30. The molecule has 0 spiro atoms. The molecule has 0 saturated heterocycles. The van der Waals surface area contributed by atoms with Crippen molar-refractivity contribution in [2.45, 2.75) is 19.8 Å². The van der Waals surface area contributed by atoms with Gasteiger partial charge in [0, 0.05) is 25.6 Å². The first kappa shape index (κ1) is 15.3. The highest BCUT2D eigenvalue weighted by atomic mass is 16.5. The molecule has 1 aliphatic heterocycles. The van der Waals surface area contributed by atoms with E-state index in [0.717, 1.165) is 6.42 Å². The van der Waals surface area contributed by atoms with Crippen LogP contribution in [0.5, 0.6) is 5.75 Å². The van der Waals surface area contributed by atoms with Crippen LogP contribution in [0.2, 0.25) is 0 Å². The molecule has 1 aromatic carbocycles.